The fourth-order valence-corrected chi connectivity index (χ4v) is 1.84. The van der Waals surface area contributed by atoms with Crippen molar-refractivity contribution in [2.45, 2.75) is 26.2 Å². The van der Waals surface area contributed by atoms with Crippen LogP contribution in [0.4, 0.5) is 17.1 Å². The van der Waals surface area contributed by atoms with Crippen molar-refractivity contribution in [2.75, 3.05) is 11.9 Å². The van der Waals surface area contributed by atoms with Crippen LogP contribution >= 0.6 is 0 Å². The van der Waals surface area contributed by atoms with E-state index in [1.165, 1.54) is 12.1 Å². The first-order valence-electron chi connectivity index (χ1n) is 6.87. The lowest BCUT2D eigenvalue weighted by Gasteiger charge is -2.05. The molecule has 0 aliphatic carbocycles. The fraction of sp³-hybridized carbons (Fsp3) is 0.385. The molecule has 0 saturated heterocycles. The van der Waals surface area contributed by atoms with Crippen LogP contribution in [0.2, 0.25) is 0 Å². The second-order valence-corrected chi connectivity index (χ2v) is 5.09. The van der Waals surface area contributed by atoms with E-state index in [-0.39, 0.29) is 23.0 Å². The Kier molecular flexibility index (Phi) is 4.84. The monoisotopic (exact) mass is 321 g/mol. The molecule has 1 heterocycles. The van der Waals surface area contributed by atoms with Gasteiger partial charge >= 0.3 is 0 Å². The molecule has 0 bridgehead atoms. The predicted molar refractivity (Wildman–Crippen MR) is 80.3 cm³/mol. The van der Waals surface area contributed by atoms with Gasteiger partial charge in [-0.05, 0) is 6.07 Å². The van der Waals surface area contributed by atoms with Gasteiger partial charge in [0.05, 0.1) is 15.9 Å². The molecule has 0 atom stereocenters. The van der Waals surface area contributed by atoms with Gasteiger partial charge in [-0.15, -0.1) is 0 Å². The molecule has 10 heteroatoms. The fourth-order valence-electron chi connectivity index (χ4n) is 1.84. The Balaban J connectivity index is 2.04. The molecule has 0 unspecified atom stereocenters. The average Bonchev–Trinajstić information content (AvgIpc) is 2.96. The number of nitro benzene ring substituents is 2. The third-order valence-electron chi connectivity index (χ3n) is 3.04. The van der Waals surface area contributed by atoms with E-state index in [1.807, 2.05) is 13.8 Å². The zero-order valence-corrected chi connectivity index (χ0v) is 12.6. The van der Waals surface area contributed by atoms with Gasteiger partial charge in [0.2, 0.25) is 5.89 Å². The number of nitrogens with one attached hydrogen (secondary N) is 1. The number of aromatic nitrogens is 2. The van der Waals surface area contributed by atoms with Crippen LogP contribution in [-0.4, -0.2) is 26.5 Å². The van der Waals surface area contributed by atoms with E-state index < -0.39 is 9.85 Å². The van der Waals surface area contributed by atoms with Crippen LogP contribution in [0, 0.1) is 20.2 Å². The Morgan fingerprint density at radius 2 is 2.00 bits per heavy atom. The number of nitro groups is 2. The quantitative estimate of drug-likeness (QED) is 0.606. The maximum Gasteiger partial charge on any atom is 0.299 e. The van der Waals surface area contributed by atoms with Gasteiger partial charge in [0, 0.05) is 24.9 Å². The lowest BCUT2D eigenvalue weighted by Crippen LogP contribution is -2.07. The highest BCUT2D eigenvalue weighted by molar-refractivity contribution is 5.65. The van der Waals surface area contributed by atoms with Gasteiger partial charge < -0.3 is 9.84 Å². The lowest BCUT2D eigenvalue weighted by atomic mass is 10.2. The first kappa shape index (κ1) is 16.3. The zero-order chi connectivity index (χ0) is 17.0. The number of hydrogen-bond donors (Lipinski definition) is 1. The van der Waals surface area contributed by atoms with E-state index in [0.717, 1.165) is 6.07 Å². The van der Waals surface area contributed by atoms with Crippen molar-refractivity contribution in [1.82, 2.24) is 10.1 Å². The first-order chi connectivity index (χ1) is 10.9. The molecule has 1 N–H and O–H groups in total. The number of non-ortho nitro benzene ring substituents is 1. The number of hydrogen-bond acceptors (Lipinski definition) is 8. The van der Waals surface area contributed by atoms with Crippen LogP contribution in [-0.2, 0) is 6.42 Å². The van der Waals surface area contributed by atoms with Crippen molar-refractivity contribution in [3.8, 4) is 0 Å². The first-order valence-corrected chi connectivity index (χ1v) is 6.87. The van der Waals surface area contributed by atoms with E-state index in [0.29, 0.717) is 24.7 Å². The maximum absolute atomic E-state index is 11.0. The number of anilines is 1. The van der Waals surface area contributed by atoms with Gasteiger partial charge in [-0.1, -0.05) is 19.0 Å². The minimum Gasteiger partial charge on any atom is -0.379 e. The SMILES string of the molecule is CC(C)c1noc(CCNc2ccc([N+](=O)[O-])cc2[N+](=O)[O-])n1. The number of nitrogens with zero attached hydrogens (tertiary/aromatic N) is 4. The topological polar surface area (TPSA) is 137 Å². The summed E-state index contributed by atoms with van der Waals surface area (Å²) >= 11 is 0. The molecule has 10 nitrogen and oxygen atoms in total. The van der Waals surface area contributed by atoms with Gasteiger partial charge in [0.25, 0.3) is 11.4 Å². The Bertz CT molecular complexity index is 727. The molecular formula is C13H15N5O5. The highest BCUT2D eigenvalue weighted by Crippen LogP contribution is 2.28. The van der Waals surface area contributed by atoms with Gasteiger partial charge in [0.15, 0.2) is 5.82 Å². The van der Waals surface area contributed by atoms with E-state index in [9.17, 15) is 20.2 Å². The van der Waals surface area contributed by atoms with Crippen LogP contribution in [0.15, 0.2) is 22.7 Å². The van der Waals surface area contributed by atoms with Gasteiger partial charge in [0.1, 0.15) is 5.69 Å². The third-order valence-corrected chi connectivity index (χ3v) is 3.04. The highest BCUT2D eigenvalue weighted by Gasteiger charge is 2.19. The number of rotatable bonds is 7. The molecule has 0 fully saturated rings. The van der Waals surface area contributed by atoms with Crippen LogP contribution < -0.4 is 5.32 Å². The molecule has 2 rings (SSSR count). The van der Waals surface area contributed by atoms with E-state index in [1.54, 1.807) is 0 Å². The minimum atomic E-state index is -0.678. The zero-order valence-electron chi connectivity index (χ0n) is 12.6. The van der Waals surface area contributed by atoms with Crippen LogP contribution in [0.25, 0.3) is 0 Å². The molecular weight excluding hydrogens is 306 g/mol. The lowest BCUT2D eigenvalue weighted by molar-refractivity contribution is -0.393. The maximum atomic E-state index is 11.0. The molecule has 0 amide bonds. The van der Waals surface area contributed by atoms with E-state index >= 15 is 0 Å². The van der Waals surface area contributed by atoms with E-state index in [2.05, 4.69) is 15.5 Å². The van der Waals surface area contributed by atoms with Crippen LogP contribution in [0.3, 0.4) is 0 Å². The smallest absolute Gasteiger partial charge is 0.299 e. The summed E-state index contributed by atoms with van der Waals surface area (Å²) in [5.41, 5.74) is -0.488. The predicted octanol–water partition coefficient (Wildman–Crippen LogP) is 2.66. The molecule has 0 saturated carbocycles. The van der Waals surface area contributed by atoms with Crippen molar-refractivity contribution in [3.63, 3.8) is 0 Å². The Morgan fingerprint density at radius 3 is 2.57 bits per heavy atom. The summed E-state index contributed by atoms with van der Waals surface area (Å²) in [6.45, 7) is 4.19. The second kappa shape index (κ2) is 6.81. The Hall–Kier alpha value is -3.04. The average molecular weight is 321 g/mol. The molecule has 122 valence electrons. The van der Waals surface area contributed by atoms with Crippen LogP contribution in [0.5, 0.6) is 0 Å². The van der Waals surface area contributed by atoms with Gasteiger partial charge in [-0.2, -0.15) is 4.98 Å². The summed E-state index contributed by atoms with van der Waals surface area (Å²) < 4.78 is 5.07. The van der Waals surface area contributed by atoms with E-state index in [4.69, 9.17) is 4.52 Å². The van der Waals surface area contributed by atoms with Gasteiger partial charge in [-0.25, -0.2) is 0 Å². The largest absolute Gasteiger partial charge is 0.379 e. The third kappa shape index (κ3) is 3.99. The Morgan fingerprint density at radius 1 is 1.26 bits per heavy atom. The van der Waals surface area contributed by atoms with Crippen molar-refractivity contribution in [3.05, 3.63) is 50.1 Å². The molecule has 0 spiro atoms. The standard InChI is InChI=1S/C13H15N5O5/c1-8(2)13-15-12(23-16-13)5-6-14-10-4-3-9(17(19)20)7-11(10)18(21)22/h3-4,7-8,14H,5-6H2,1-2H3. The summed E-state index contributed by atoms with van der Waals surface area (Å²) in [7, 11) is 0. The summed E-state index contributed by atoms with van der Waals surface area (Å²) in [5, 5.41) is 28.4. The summed E-state index contributed by atoms with van der Waals surface area (Å²) in [5.74, 6) is 1.17. The molecule has 0 aliphatic rings. The summed E-state index contributed by atoms with van der Waals surface area (Å²) in [4.78, 5) is 24.5. The Labute approximate surface area is 130 Å². The highest BCUT2D eigenvalue weighted by atomic mass is 16.6. The molecule has 0 radical (unpaired) electrons. The van der Waals surface area contributed by atoms with Crippen LogP contribution in [0.1, 0.15) is 31.5 Å². The molecule has 0 aliphatic heterocycles. The van der Waals surface area contributed by atoms with Crippen molar-refractivity contribution in [2.24, 2.45) is 0 Å². The summed E-state index contributed by atoms with van der Waals surface area (Å²) in [6.07, 6.45) is 0.383. The van der Waals surface area contributed by atoms with Crippen molar-refractivity contribution >= 4 is 17.1 Å². The molecule has 1 aromatic heterocycles. The van der Waals surface area contributed by atoms with Crippen molar-refractivity contribution < 1.29 is 14.4 Å². The van der Waals surface area contributed by atoms with Gasteiger partial charge in [-0.3, -0.25) is 20.2 Å². The summed E-state index contributed by atoms with van der Waals surface area (Å²) in [6, 6.07) is 3.44. The normalized spacial score (nSPS) is 10.7. The number of benzene rings is 1. The minimum absolute atomic E-state index is 0.149. The molecule has 1 aromatic carbocycles. The molecule has 23 heavy (non-hydrogen) atoms. The van der Waals surface area contributed by atoms with Crippen molar-refractivity contribution in [1.29, 1.82) is 0 Å². The second-order valence-electron chi connectivity index (χ2n) is 5.09. The molecule has 2 aromatic rings.